The molecule has 0 saturated carbocycles. The third kappa shape index (κ3) is 5.82. The number of rotatable bonds is 8. The molecule has 0 aliphatic carbocycles. The molecule has 1 rings (SSSR count). The molecule has 0 bridgehead atoms. The minimum Gasteiger partial charge on any atom is -0.354 e. The highest BCUT2D eigenvalue weighted by atomic mass is 16.1. The van der Waals surface area contributed by atoms with E-state index >= 15 is 0 Å². The molecule has 5 heteroatoms. The van der Waals surface area contributed by atoms with Crippen LogP contribution in [-0.2, 0) is 11.3 Å². The van der Waals surface area contributed by atoms with Gasteiger partial charge in [0, 0.05) is 37.4 Å². The first-order valence-electron chi connectivity index (χ1n) is 6.58. The molecule has 1 aromatic rings. The Balaban J connectivity index is 2.11. The molecule has 102 valence electrons. The lowest BCUT2D eigenvalue weighted by Crippen LogP contribution is -2.31. The highest BCUT2D eigenvalue weighted by Gasteiger charge is 2.11. The Morgan fingerprint density at radius 2 is 2.22 bits per heavy atom. The molecule has 0 aromatic carbocycles. The van der Waals surface area contributed by atoms with Crippen LogP contribution in [0.1, 0.15) is 33.1 Å². The zero-order valence-electron chi connectivity index (χ0n) is 11.3. The van der Waals surface area contributed by atoms with Crippen LogP contribution in [0.4, 0.5) is 0 Å². The molecule has 5 nitrogen and oxygen atoms in total. The third-order valence-corrected chi connectivity index (χ3v) is 2.97. The molecular weight excluding hydrogens is 228 g/mol. The van der Waals surface area contributed by atoms with Crippen LogP contribution in [0.25, 0.3) is 0 Å². The summed E-state index contributed by atoms with van der Waals surface area (Å²) in [7, 11) is 0. The first-order valence-corrected chi connectivity index (χ1v) is 6.58. The third-order valence-electron chi connectivity index (χ3n) is 2.97. The van der Waals surface area contributed by atoms with Gasteiger partial charge in [-0.2, -0.15) is 0 Å². The summed E-state index contributed by atoms with van der Waals surface area (Å²) < 4.78 is 1.95. The van der Waals surface area contributed by atoms with Crippen molar-refractivity contribution in [1.82, 2.24) is 14.9 Å². The maximum atomic E-state index is 11.8. The Morgan fingerprint density at radius 1 is 1.44 bits per heavy atom. The van der Waals surface area contributed by atoms with Crippen LogP contribution < -0.4 is 11.1 Å². The first kappa shape index (κ1) is 14.7. The predicted octanol–water partition coefficient (Wildman–Crippen LogP) is 1.15. The zero-order valence-corrected chi connectivity index (χ0v) is 11.3. The van der Waals surface area contributed by atoms with Crippen molar-refractivity contribution in [2.24, 2.45) is 11.7 Å². The molecule has 2 atom stereocenters. The monoisotopic (exact) mass is 252 g/mol. The van der Waals surface area contributed by atoms with Crippen LogP contribution in [0.3, 0.4) is 0 Å². The minimum absolute atomic E-state index is 0.0616. The van der Waals surface area contributed by atoms with Gasteiger partial charge in [-0.1, -0.05) is 13.3 Å². The summed E-state index contributed by atoms with van der Waals surface area (Å²) in [6.07, 6.45) is 8.26. The summed E-state index contributed by atoms with van der Waals surface area (Å²) >= 11 is 0. The van der Waals surface area contributed by atoms with Gasteiger partial charge in [-0.3, -0.25) is 4.79 Å². The average molecular weight is 252 g/mol. The van der Waals surface area contributed by atoms with Gasteiger partial charge in [0.25, 0.3) is 0 Å². The van der Waals surface area contributed by atoms with Gasteiger partial charge in [0.15, 0.2) is 0 Å². The molecule has 3 N–H and O–H groups in total. The van der Waals surface area contributed by atoms with E-state index in [4.69, 9.17) is 5.73 Å². The van der Waals surface area contributed by atoms with E-state index < -0.39 is 0 Å². The van der Waals surface area contributed by atoms with Gasteiger partial charge in [0.05, 0.1) is 6.33 Å². The van der Waals surface area contributed by atoms with E-state index in [1.165, 1.54) is 0 Å². The highest BCUT2D eigenvalue weighted by Crippen LogP contribution is 2.08. The fourth-order valence-corrected chi connectivity index (χ4v) is 1.78. The predicted molar refractivity (Wildman–Crippen MR) is 71.9 cm³/mol. The lowest BCUT2D eigenvalue weighted by atomic mass is 10.0. The molecule has 2 unspecified atom stereocenters. The van der Waals surface area contributed by atoms with E-state index in [1.807, 2.05) is 24.6 Å². The molecule has 1 amide bonds. The Hall–Kier alpha value is -1.36. The zero-order chi connectivity index (χ0) is 13.4. The summed E-state index contributed by atoms with van der Waals surface area (Å²) in [4.78, 5) is 15.7. The lowest BCUT2D eigenvalue weighted by molar-refractivity contribution is -0.124. The molecule has 1 heterocycles. The summed E-state index contributed by atoms with van der Waals surface area (Å²) in [5, 5.41) is 2.94. The topological polar surface area (TPSA) is 72.9 Å². The number of nitrogens with zero attached hydrogens (tertiary/aromatic N) is 2. The second-order valence-electron chi connectivity index (χ2n) is 4.90. The standard InChI is InChI=1S/C13H24N4O/c1-11(4-3-5-12(2)14)13(18)16-7-9-17-8-6-15-10-17/h6,8,10-12H,3-5,7,9,14H2,1-2H3,(H,16,18). The molecule has 0 aliphatic rings. The van der Waals surface area contributed by atoms with Crippen molar-refractivity contribution in [3.63, 3.8) is 0 Å². The number of nitrogens with two attached hydrogens (primary N) is 1. The normalized spacial score (nSPS) is 14.2. The number of aromatic nitrogens is 2. The second kappa shape index (κ2) is 7.87. The van der Waals surface area contributed by atoms with Crippen LogP contribution in [-0.4, -0.2) is 28.0 Å². The van der Waals surface area contributed by atoms with E-state index in [-0.39, 0.29) is 17.9 Å². The van der Waals surface area contributed by atoms with Crippen molar-refractivity contribution >= 4 is 5.91 Å². The van der Waals surface area contributed by atoms with Crippen molar-refractivity contribution in [3.8, 4) is 0 Å². The maximum Gasteiger partial charge on any atom is 0.222 e. The number of hydrogen-bond acceptors (Lipinski definition) is 3. The van der Waals surface area contributed by atoms with Crippen LogP contribution in [0.2, 0.25) is 0 Å². The van der Waals surface area contributed by atoms with Crippen LogP contribution >= 0.6 is 0 Å². The Kier molecular flexibility index (Phi) is 6.43. The largest absolute Gasteiger partial charge is 0.354 e. The smallest absolute Gasteiger partial charge is 0.222 e. The summed E-state index contributed by atoms with van der Waals surface area (Å²) in [6, 6.07) is 0.224. The minimum atomic E-state index is 0.0616. The van der Waals surface area contributed by atoms with Gasteiger partial charge < -0.3 is 15.6 Å². The summed E-state index contributed by atoms with van der Waals surface area (Å²) in [5.41, 5.74) is 5.68. The van der Waals surface area contributed by atoms with Crippen molar-refractivity contribution < 1.29 is 4.79 Å². The number of carbonyl (C=O) groups excluding carboxylic acids is 1. The quantitative estimate of drug-likeness (QED) is 0.729. The van der Waals surface area contributed by atoms with Gasteiger partial charge in [-0.25, -0.2) is 4.98 Å². The van der Waals surface area contributed by atoms with Crippen molar-refractivity contribution in [3.05, 3.63) is 18.7 Å². The van der Waals surface area contributed by atoms with E-state index in [2.05, 4.69) is 10.3 Å². The molecule has 0 aliphatic heterocycles. The molecule has 0 spiro atoms. The Labute approximate surface area is 109 Å². The van der Waals surface area contributed by atoms with E-state index in [1.54, 1.807) is 12.5 Å². The van der Waals surface area contributed by atoms with Gasteiger partial charge in [-0.05, 0) is 19.8 Å². The van der Waals surface area contributed by atoms with Gasteiger partial charge in [-0.15, -0.1) is 0 Å². The molecular formula is C13H24N4O. The fraction of sp³-hybridized carbons (Fsp3) is 0.692. The van der Waals surface area contributed by atoms with Crippen molar-refractivity contribution in [1.29, 1.82) is 0 Å². The van der Waals surface area contributed by atoms with Crippen molar-refractivity contribution in [2.75, 3.05) is 6.54 Å². The van der Waals surface area contributed by atoms with Crippen molar-refractivity contribution in [2.45, 2.75) is 45.7 Å². The molecule has 18 heavy (non-hydrogen) atoms. The Bertz CT molecular complexity index is 335. The molecule has 0 fully saturated rings. The lowest BCUT2D eigenvalue weighted by Gasteiger charge is -2.13. The number of amides is 1. The maximum absolute atomic E-state index is 11.8. The Morgan fingerprint density at radius 3 is 2.83 bits per heavy atom. The van der Waals surface area contributed by atoms with E-state index in [0.717, 1.165) is 25.8 Å². The van der Waals surface area contributed by atoms with Crippen LogP contribution in [0, 0.1) is 5.92 Å². The summed E-state index contributed by atoms with van der Waals surface area (Å²) in [5.74, 6) is 0.186. The molecule has 0 saturated heterocycles. The molecule has 1 aromatic heterocycles. The van der Waals surface area contributed by atoms with E-state index in [0.29, 0.717) is 6.54 Å². The van der Waals surface area contributed by atoms with Gasteiger partial charge >= 0.3 is 0 Å². The van der Waals surface area contributed by atoms with E-state index in [9.17, 15) is 4.79 Å². The number of nitrogens with one attached hydrogen (secondary N) is 1. The number of hydrogen-bond donors (Lipinski definition) is 2. The van der Waals surface area contributed by atoms with Gasteiger partial charge in [0.2, 0.25) is 5.91 Å². The highest BCUT2D eigenvalue weighted by molar-refractivity contribution is 5.78. The SMILES string of the molecule is CC(N)CCCC(C)C(=O)NCCn1ccnc1. The van der Waals surface area contributed by atoms with Gasteiger partial charge in [0.1, 0.15) is 0 Å². The summed E-state index contributed by atoms with van der Waals surface area (Å²) in [6.45, 7) is 5.37. The number of carbonyl (C=O) groups is 1. The van der Waals surface area contributed by atoms with Crippen LogP contribution in [0.15, 0.2) is 18.7 Å². The first-order chi connectivity index (χ1) is 8.59. The number of imidazole rings is 1. The van der Waals surface area contributed by atoms with Crippen LogP contribution in [0.5, 0.6) is 0 Å². The fourth-order valence-electron chi connectivity index (χ4n) is 1.78. The molecule has 0 radical (unpaired) electrons. The second-order valence-corrected chi connectivity index (χ2v) is 4.90. The average Bonchev–Trinajstić information content (AvgIpc) is 2.81.